The highest BCUT2D eigenvalue weighted by molar-refractivity contribution is 5.72. The van der Waals surface area contributed by atoms with Crippen molar-refractivity contribution >= 4 is 17.9 Å². The largest absolute Gasteiger partial charge is 0.462 e. The van der Waals surface area contributed by atoms with Crippen LogP contribution in [0.25, 0.3) is 0 Å². The molecule has 0 N–H and O–H groups in total. The zero-order valence-electron chi connectivity index (χ0n) is 46.3. The molecule has 0 aliphatic rings. The van der Waals surface area contributed by atoms with Crippen molar-refractivity contribution in [3.05, 3.63) is 72.9 Å². The van der Waals surface area contributed by atoms with Crippen LogP contribution in [-0.4, -0.2) is 37.2 Å². The molecule has 6 heteroatoms. The predicted molar refractivity (Wildman–Crippen MR) is 302 cm³/mol. The number of unbranched alkanes of at least 4 members (excludes halogenated alkanes) is 32. The van der Waals surface area contributed by atoms with Crippen LogP contribution in [0, 0.1) is 0 Å². The molecule has 0 saturated carbocycles. The Hall–Kier alpha value is -3.15. The van der Waals surface area contributed by atoms with Crippen molar-refractivity contribution in [1.29, 1.82) is 0 Å². The number of carbonyl (C=O) groups is 3. The number of hydrogen-bond acceptors (Lipinski definition) is 6. The molecule has 0 aromatic heterocycles. The summed E-state index contributed by atoms with van der Waals surface area (Å²) in [5, 5.41) is 0. The van der Waals surface area contributed by atoms with Gasteiger partial charge in [-0.3, -0.25) is 14.4 Å². The molecule has 70 heavy (non-hydrogen) atoms. The SMILES string of the molecule is CC/C=C\C/C=C\C/C=C\C/C=C\C/C=C\CC(=O)OC(COC(=O)CCCCCCC/C=C\CCCC)COC(=O)CCCCCCCCCCCCCCCCCCCCCCCCCCCC. The molecule has 0 aliphatic heterocycles. The highest BCUT2D eigenvalue weighted by Gasteiger charge is 2.19. The number of carbonyl (C=O) groups excluding carboxylic acids is 3. The molecule has 0 aliphatic carbocycles. The minimum atomic E-state index is -0.831. The monoisotopic (exact) mass is 977 g/mol. The Kier molecular flexibility index (Phi) is 55.8. The van der Waals surface area contributed by atoms with Crippen LogP contribution in [0.15, 0.2) is 72.9 Å². The first kappa shape index (κ1) is 66.9. The van der Waals surface area contributed by atoms with E-state index >= 15 is 0 Å². The molecule has 0 heterocycles. The Labute approximate surface area is 433 Å². The van der Waals surface area contributed by atoms with Gasteiger partial charge >= 0.3 is 17.9 Å². The van der Waals surface area contributed by atoms with Crippen molar-refractivity contribution in [2.75, 3.05) is 13.2 Å². The van der Waals surface area contributed by atoms with E-state index in [2.05, 4.69) is 81.5 Å². The van der Waals surface area contributed by atoms with Crippen LogP contribution in [0.3, 0.4) is 0 Å². The van der Waals surface area contributed by atoms with E-state index in [1.54, 1.807) is 6.08 Å². The average molecular weight is 978 g/mol. The zero-order valence-corrected chi connectivity index (χ0v) is 46.3. The van der Waals surface area contributed by atoms with Gasteiger partial charge in [0.25, 0.3) is 0 Å². The summed E-state index contributed by atoms with van der Waals surface area (Å²) in [7, 11) is 0. The second-order valence-corrected chi connectivity index (χ2v) is 19.9. The summed E-state index contributed by atoms with van der Waals surface area (Å²) in [6.45, 7) is 6.42. The molecule has 0 spiro atoms. The van der Waals surface area contributed by atoms with Gasteiger partial charge in [0.2, 0.25) is 0 Å². The fourth-order valence-electron chi connectivity index (χ4n) is 8.50. The number of hydrogen-bond donors (Lipinski definition) is 0. The lowest BCUT2D eigenvalue weighted by molar-refractivity contribution is -0.166. The summed E-state index contributed by atoms with van der Waals surface area (Å²) < 4.78 is 16.7. The van der Waals surface area contributed by atoms with E-state index < -0.39 is 12.1 Å². The molecule has 1 atom stereocenters. The summed E-state index contributed by atoms with van der Waals surface area (Å²) in [6, 6.07) is 0. The van der Waals surface area contributed by atoms with Crippen molar-refractivity contribution in [3.63, 3.8) is 0 Å². The number of esters is 3. The number of rotatable bonds is 54. The first-order chi connectivity index (χ1) is 34.5. The van der Waals surface area contributed by atoms with Gasteiger partial charge in [-0.25, -0.2) is 0 Å². The first-order valence-corrected chi connectivity index (χ1v) is 29.9. The van der Waals surface area contributed by atoms with Crippen LogP contribution < -0.4 is 0 Å². The molecule has 0 saturated heterocycles. The molecule has 0 radical (unpaired) electrons. The smallest absolute Gasteiger partial charge is 0.310 e. The predicted octanol–water partition coefficient (Wildman–Crippen LogP) is 20.2. The number of allylic oxidation sites excluding steroid dienone is 11. The lowest BCUT2D eigenvalue weighted by Gasteiger charge is -2.18. The van der Waals surface area contributed by atoms with E-state index in [0.29, 0.717) is 12.8 Å². The second kappa shape index (κ2) is 58.4. The van der Waals surface area contributed by atoms with Gasteiger partial charge in [0, 0.05) is 12.8 Å². The van der Waals surface area contributed by atoms with Crippen molar-refractivity contribution in [2.45, 2.75) is 303 Å². The standard InChI is InChI=1S/C64H112O6/c1-4-7-10-13-16-19-22-24-26-27-28-29-30-31-32-33-34-35-36-38-39-42-45-48-51-54-57-63(66)69-60-61(59-68-62(65)56-53-50-47-44-41-21-18-15-12-9-6-3)70-64(67)58-55-52-49-46-43-40-37-25-23-20-17-14-11-8-5-2/h8,11,15,17-18,20,25,37,43,46,52,55,61H,4-7,9-10,12-14,16,19,21-24,26-36,38-42,44-45,47-51,53-54,56-60H2,1-3H3/b11-8-,18-15-,20-17-,37-25-,46-43-,55-52-. The van der Waals surface area contributed by atoms with Crippen LogP contribution in [0.2, 0.25) is 0 Å². The molecule has 0 rings (SSSR count). The molecular weight excluding hydrogens is 865 g/mol. The maximum Gasteiger partial charge on any atom is 0.310 e. The molecule has 404 valence electrons. The van der Waals surface area contributed by atoms with Gasteiger partial charge in [-0.15, -0.1) is 0 Å². The van der Waals surface area contributed by atoms with E-state index in [0.717, 1.165) is 83.5 Å². The van der Waals surface area contributed by atoms with Crippen LogP contribution >= 0.6 is 0 Å². The van der Waals surface area contributed by atoms with E-state index in [-0.39, 0.29) is 31.6 Å². The van der Waals surface area contributed by atoms with Crippen LogP contribution in [0.1, 0.15) is 297 Å². The van der Waals surface area contributed by atoms with E-state index in [4.69, 9.17) is 14.2 Å². The summed E-state index contributed by atoms with van der Waals surface area (Å²) in [6.07, 6.45) is 75.2. The van der Waals surface area contributed by atoms with Gasteiger partial charge < -0.3 is 14.2 Å². The lowest BCUT2D eigenvalue weighted by Crippen LogP contribution is -2.30. The summed E-state index contributed by atoms with van der Waals surface area (Å²) >= 11 is 0. The molecule has 6 nitrogen and oxygen atoms in total. The van der Waals surface area contributed by atoms with Crippen molar-refractivity contribution in [2.24, 2.45) is 0 Å². The molecule has 0 fully saturated rings. The quantitative estimate of drug-likeness (QED) is 0.0261. The fraction of sp³-hybridized carbons (Fsp3) is 0.766. The van der Waals surface area contributed by atoms with E-state index in [1.165, 1.54) is 173 Å². The zero-order chi connectivity index (χ0) is 50.7. The third-order valence-electron chi connectivity index (χ3n) is 13.0. The second-order valence-electron chi connectivity index (χ2n) is 19.9. The fourth-order valence-corrected chi connectivity index (χ4v) is 8.50. The molecule has 0 amide bonds. The normalized spacial score (nSPS) is 12.6. The minimum Gasteiger partial charge on any atom is -0.462 e. The summed E-state index contributed by atoms with van der Waals surface area (Å²) in [4.78, 5) is 38.0. The van der Waals surface area contributed by atoms with Gasteiger partial charge in [0.15, 0.2) is 6.10 Å². The van der Waals surface area contributed by atoms with E-state index in [9.17, 15) is 14.4 Å². The van der Waals surface area contributed by atoms with Crippen LogP contribution in [0.4, 0.5) is 0 Å². The average Bonchev–Trinajstić information content (AvgIpc) is 3.36. The molecule has 0 aromatic rings. The Bertz CT molecular complexity index is 1310. The van der Waals surface area contributed by atoms with Crippen molar-refractivity contribution in [1.82, 2.24) is 0 Å². The first-order valence-electron chi connectivity index (χ1n) is 29.9. The maximum atomic E-state index is 12.8. The van der Waals surface area contributed by atoms with Crippen LogP contribution in [0.5, 0.6) is 0 Å². The van der Waals surface area contributed by atoms with Crippen molar-refractivity contribution in [3.8, 4) is 0 Å². The third kappa shape index (κ3) is 55.8. The summed E-state index contributed by atoms with van der Waals surface area (Å²) in [5.41, 5.74) is 0. The van der Waals surface area contributed by atoms with Gasteiger partial charge in [0.1, 0.15) is 13.2 Å². The highest BCUT2D eigenvalue weighted by atomic mass is 16.6. The highest BCUT2D eigenvalue weighted by Crippen LogP contribution is 2.17. The minimum absolute atomic E-state index is 0.0973. The maximum absolute atomic E-state index is 12.8. The molecule has 1 unspecified atom stereocenters. The number of ether oxygens (including phenoxy) is 3. The van der Waals surface area contributed by atoms with E-state index in [1.807, 2.05) is 6.08 Å². The van der Waals surface area contributed by atoms with Gasteiger partial charge in [-0.05, 0) is 64.2 Å². The summed E-state index contributed by atoms with van der Waals surface area (Å²) in [5.74, 6) is -1.05. The van der Waals surface area contributed by atoms with Gasteiger partial charge in [-0.2, -0.15) is 0 Å². The Morgan fingerprint density at radius 3 is 0.971 bits per heavy atom. The lowest BCUT2D eigenvalue weighted by atomic mass is 10.0. The Balaban J connectivity index is 4.26. The Morgan fingerprint density at radius 1 is 0.314 bits per heavy atom. The Morgan fingerprint density at radius 2 is 0.614 bits per heavy atom. The topological polar surface area (TPSA) is 78.9 Å². The molecule has 0 aromatic carbocycles. The van der Waals surface area contributed by atoms with Gasteiger partial charge in [0.05, 0.1) is 6.42 Å². The van der Waals surface area contributed by atoms with Crippen molar-refractivity contribution < 1.29 is 28.6 Å². The van der Waals surface area contributed by atoms with Crippen LogP contribution in [-0.2, 0) is 28.6 Å². The van der Waals surface area contributed by atoms with Gasteiger partial charge in [-0.1, -0.05) is 286 Å². The third-order valence-corrected chi connectivity index (χ3v) is 13.0. The molecular formula is C64H112O6. The molecule has 0 bridgehead atoms.